The maximum atomic E-state index is 12.9. The maximum Gasteiger partial charge on any atom is 0.321 e. The van der Waals surface area contributed by atoms with Gasteiger partial charge >= 0.3 is 6.03 Å². The van der Waals surface area contributed by atoms with E-state index in [0.29, 0.717) is 31.2 Å². The number of ether oxygens (including phenoxy) is 1. The number of benzene rings is 1. The Kier molecular flexibility index (Phi) is 6.99. The van der Waals surface area contributed by atoms with E-state index in [2.05, 4.69) is 10.6 Å². The minimum atomic E-state index is -0.327. The third kappa shape index (κ3) is 5.81. The molecule has 1 saturated heterocycles. The smallest absolute Gasteiger partial charge is 0.321 e. The summed E-state index contributed by atoms with van der Waals surface area (Å²) in [7, 11) is 1.49. The molecule has 1 aromatic carbocycles. The first-order valence-electron chi connectivity index (χ1n) is 8.15. The molecule has 0 atom stereocenters. The van der Waals surface area contributed by atoms with E-state index in [-0.39, 0.29) is 24.4 Å². The molecule has 7 heteroatoms. The molecule has 0 spiro atoms. The lowest BCUT2D eigenvalue weighted by molar-refractivity contribution is -0.124. The first-order valence-corrected chi connectivity index (χ1v) is 8.15. The monoisotopic (exact) mass is 337 g/mol. The summed E-state index contributed by atoms with van der Waals surface area (Å²) in [4.78, 5) is 25.3. The molecule has 0 unspecified atom stereocenters. The number of nitrogens with zero attached hydrogens (tertiary/aromatic N) is 1. The Hall–Kier alpha value is -2.15. The lowest BCUT2D eigenvalue weighted by Gasteiger charge is -2.32. The van der Waals surface area contributed by atoms with Crippen LogP contribution in [0.25, 0.3) is 0 Å². The fraction of sp³-hybridized carbons (Fsp3) is 0.529. The van der Waals surface area contributed by atoms with Crippen LogP contribution in [0, 0.1) is 11.7 Å². The quantitative estimate of drug-likeness (QED) is 0.836. The van der Waals surface area contributed by atoms with Crippen LogP contribution in [0.3, 0.4) is 0 Å². The number of likely N-dealkylation sites (tertiary alicyclic amines) is 1. The van der Waals surface area contributed by atoms with Crippen molar-refractivity contribution in [3.05, 3.63) is 30.1 Å². The van der Waals surface area contributed by atoms with Crippen LogP contribution in [0.15, 0.2) is 24.3 Å². The number of halogens is 1. The van der Waals surface area contributed by atoms with Crippen LogP contribution in [0.5, 0.6) is 0 Å². The summed E-state index contributed by atoms with van der Waals surface area (Å²) in [6, 6.07) is 5.57. The number of carbonyl (C=O) groups is 2. The van der Waals surface area contributed by atoms with Crippen molar-refractivity contribution < 1.29 is 18.7 Å². The molecule has 6 nitrogen and oxygen atoms in total. The normalized spacial score (nSPS) is 15.2. The van der Waals surface area contributed by atoms with Gasteiger partial charge in [0.15, 0.2) is 0 Å². The highest BCUT2D eigenvalue weighted by Crippen LogP contribution is 2.21. The first-order chi connectivity index (χ1) is 11.6. The van der Waals surface area contributed by atoms with Gasteiger partial charge < -0.3 is 20.3 Å². The molecular formula is C17H24FN3O3. The van der Waals surface area contributed by atoms with Gasteiger partial charge in [-0.25, -0.2) is 9.18 Å². The van der Waals surface area contributed by atoms with E-state index in [4.69, 9.17) is 4.74 Å². The Bertz CT molecular complexity index is 543. The van der Waals surface area contributed by atoms with Gasteiger partial charge in [-0.2, -0.15) is 0 Å². The molecular weight excluding hydrogens is 313 g/mol. The van der Waals surface area contributed by atoms with Crippen LogP contribution in [0.4, 0.5) is 14.9 Å². The summed E-state index contributed by atoms with van der Waals surface area (Å²) in [6.45, 7) is 2.09. The van der Waals surface area contributed by atoms with Crippen LogP contribution in [0.1, 0.15) is 19.3 Å². The van der Waals surface area contributed by atoms with Gasteiger partial charge in [-0.3, -0.25) is 4.79 Å². The highest BCUT2D eigenvalue weighted by atomic mass is 19.1. The van der Waals surface area contributed by atoms with Gasteiger partial charge in [0.2, 0.25) is 5.91 Å². The predicted octanol–water partition coefficient (Wildman–Crippen LogP) is 2.22. The zero-order valence-corrected chi connectivity index (χ0v) is 13.9. The molecule has 3 amide bonds. The molecule has 132 valence electrons. The Morgan fingerprint density at radius 1 is 1.25 bits per heavy atom. The van der Waals surface area contributed by atoms with E-state index in [1.807, 2.05) is 0 Å². The molecule has 0 saturated carbocycles. The molecule has 0 radical (unpaired) electrons. The highest BCUT2D eigenvalue weighted by Gasteiger charge is 2.22. The summed E-state index contributed by atoms with van der Waals surface area (Å²) in [5.41, 5.74) is 0.587. The van der Waals surface area contributed by atoms with Gasteiger partial charge in [-0.05, 0) is 49.4 Å². The third-order valence-corrected chi connectivity index (χ3v) is 4.15. The Morgan fingerprint density at radius 3 is 2.54 bits per heavy atom. The zero-order chi connectivity index (χ0) is 17.4. The van der Waals surface area contributed by atoms with Crippen LogP contribution in [-0.4, -0.2) is 50.2 Å². The summed E-state index contributed by atoms with van der Waals surface area (Å²) < 4.78 is 17.6. The summed E-state index contributed by atoms with van der Waals surface area (Å²) in [5, 5.41) is 5.59. The topological polar surface area (TPSA) is 70.7 Å². The third-order valence-electron chi connectivity index (χ3n) is 4.15. The van der Waals surface area contributed by atoms with Gasteiger partial charge in [-0.15, -0.1) is 0 Å². The Morgan fingerprint density at radius 2 is 1.92 bits per heavy atom. The number of hydrogen-bond acceptors (Lipinski definition) is 3. The van der Waals surface area contributed by atoms with Crippen molar-refractivity contribution in [1.82, 2.24) is 10.2 Å². The van der Waals surface area contributed by atoms with Crippen molar-refractivity contribution in [1.29, 1.82) is 0 Å². The number of urea groups is 1. The Labute approximate surface area is 141 Å². The van der Waals surface area contributed by atoms with E-state index < -0.39 is 0 Å². The van der Waals surface area contributed by atoms with Crippen LogP contribution >= 0.6 is 0 Å². The molecule has 0 bridgehead atoms. The Balaban J connectivity index is 1.67. The van der Waals surface area contributed by atoms with Crippen LogP contribution in [-0.2, 0) is 9.53 Å². The molecule has 1 aliphatic heterocycles. The molecule has 1 aromatic rings. The molecule has 1 heterocycles. The van der Waals surface area contributed by atoms with Gasteiger partial charge in [0.25, 0.3) is 0 Å². The molecule has 1 aliphatic rings. The number of anilines is 1. The molecule has 2 rings (SSSR count). The fourth-order valence-corrected chi connectivity index (χ4v) is 2.76. The average Bonchev–Trinajstić information content (AvgIpc) is 2.58. The molecule has 0 aliphatic carbocycles. The van der Waals surface area contributed by atoms with Gasteiger partial charge in [-0.1, -0.05) is 0 Å². The number of methoxy groups -OCH3 is 1. The molecule has 24 heavy (non-hydrogen) atoms. The zero-order valence-electron chi connectivity index (χ0n) is 13.9. The maximum absolute atomic E-state index is 12.9. The predicted molar refractivity (Wildman–Crippen MR) is 89.2 cm³/mol. The number of nitrogens with one attached hydrogen (secondary N) is 2. The fourth-order valence-electron chi connectivity index (χ4n) is 2.76. The van der Waals surface area contributed by atoms with Crippen molar-refractivity contribution in [3.8, 4) is 0 Å². The summed E-state index contributed by atoms with van der Waals surface area (Å²) >= 11 is 0. The largest absolute Gasteiger partial charge is 0.375 e. The molecule has 1 fully saturated rings. The standard InChI is InChI=1S/C17H24FN3O3/c1-24-12-16(22)19-9-6-13-7-10-21(11-8-13)17(23)20-15-4-2-14(18)3-5-15/h2-5,13H,6-12H2,1H3,(H,19,22)(H,20,23). The highest BCUT2D eigenvalue weighted by molar-refractivity contribution is 5.89. The van der Waals surface area contributed by atoms with E-state index in [1.54, 1.807) is 17.0 Å². The van der Waals surface area contributed by atoms with Crippen molar-refractivity contribution in [2.45, 2.75) is 19.3 Å². The van der Waals surface area contributed by atoms with E-state index in [1.165, 1.54) is 19.2 Å². The second kappa shape index (κ2) is 9.22. The number of piperidine rings is 1. The summed E-state index contributed by atoms with van der Waals surface area (Å²) in [5.74, 6) is 0.0720. The SMILES string of the molecule is COCC(=O)NCCC1CCN(C(=O)Nc2ccc(F)cc2)CC1. The minimum absolute atomic E-state index is 0.0853. The molecule has 0 aromatic heterocycles. The van der Waals surface area contributed by atoms with E-state index >= 15 is 0 Å². The number of rotatable bonds is 6. The van der Waals surface area contributed by atoms with Crippen molar-refractivity contribution in [3.63, 3.8) is 0 Å². The van der Waals surface area contributed by atoms with Gasteiger partial charge in [0.05, 0.1) is 0 Å². The number of carbonyl (C=O) groups excluding carboxylic acids is 2. The summed E-state index contributed by atoms with van der Waals surface area (Å²) in [6.07, 6.45) is 2.73. The van der Waals surface area contributed by atoms with Crippen LogP contribution < -0.4 is 10.6 Å². The van der Waals surface area contributed by atoms with E-state index in [0.717, 1.165) is 19.3 Å². The van der Waals surface area contributed by atoms with Crippen molar-refractivity contribution in [2.24, 2.45) is 5.92 Å². The minimum Gasteiger partial charge on any atom is -0.375 e. The number of amides is 3. The first kappa shape index (κ1) is 18.2. The van der Waals surface area contributed by atoms with E-state index in [9.17, 15) is 14.0 Å². The van der Waals surface area contributed by atoms with Gasteiger partial charge in [0.1, 0.15) is 12.4 Å². The molecule has 2 N–H and O–H groups in total. The average molecular weight is 337 g/mol. The lowest BCUT2D eigenvalue weighted by atomic mass is 9.94. The second-order valence-corrected chi connectivity index (χ2v) is 5.94. The number of hydrogen-bond donors (Lipinski definition) is 2. The lowest BCUT2D eigenvalue weighted by Crippen LogP contribution is -2.41. The van der Waals surface area contributed by atoms with Gasteiger partial charge in [0, 0.05) is 32.4 Å². The second-order valence-electron chi connectivity index (χ2n) is 5.94. The van der Waals surface area contributed by atoms with Crippen LogP contribution in [0.2, 0.25) is 0 Å². The van der Waals surface area contributed by atoms with Crippen molar-refractivity contribution in [2.75, 3.05) is 38.7 Å². The van der Waals surface area contributed by atoms with Crippen molar-refractivity contribution >= 4 is 17.6 Å².